The first kappa shape index (κ1) is 24.0. The molecule has 30 heavy (non-hydrogen) atoms. The normalized spacial score (nSPS) is 19.1. The number of halogens is 1. The lowest BCUT2D eigenvalue weighted by Crippen LogP contribution is -2.30. The summed E-state index contributed by atoms with van der Waals surface area (Å²) < 4.78 is 18.4. The highest BCUT2D eigenvalue weighted by Gasteiger charge is 2.38. The number of methoxy groups -OCH3 is 1. The van der Waals surface area contributed by atoms with Crippen molar-refractivity contribution in [3.63, 3.8) is 0 Å². The first-order chi connectivity index (χ1) is 13.8. The minimum Gasteiger partial charge on any atom is -0.469 e. The molecule has 4 nitrogen and oxygen atoms in total. The smallest absolute Gasteiger partial charge is 0.308 e. The molecule has 0 radical (unpaired) electrons. The molecule has 0 aliphatic heterocycles. The maximum Gasteiger partial charge on any atom is 0.308 e. The summed E-state index contributed by atoms with van der Waals surface area (Å²) in [5.41, 5.74) is 3.60. The molecule has 1 aliphatic rings. The highest BCUT2D eigenvalue weighted by Crippen LogP contribution is 2.52. The van der Waals surface area contributed by atoms with Crippen LogP contribution in [0.15, 0.2) is 35.9 Å². The van der Waals surface area contributed by atoms with Gasteiger partial charge in [0.1, 0.15) is 5.82 Å². The summed E-state index contributed by atoms with van der Waals surface area (Å²) in [5.74, 6) is -1.04. The van der Waals surface area contributed by atoms with E-state index < -0.39 is 12.1 Å². The Balaban J connectivity index is 2.38. The number of ether oxygens (including phenoxy) is 1. The molecule has 5 heteroatoms. The lowest BCUT2D eigenvalue weighted by molar-refractivity contribution is -0.143. The van der Waals surface area contributed by atoms with E-state index in [9.17, 15) is 19.1 Å². The van der Waals surface area contributed by atoms with Crippen molar-refractivity contribution in [3.8, 4) is 0 Å². The number of ketones is 1. The molecule has 0 amide bonds. The predicted octanol–water partition coefficient (Wildman–Crippen LogP) is 5.17. The summed E-state index contributed by atoms with van der Waals surface area (Å²) in [5, 5.41) is 9.91. The number of allylic oxidation sites excluding steroid dienone is 4. The van der Waals surface area contributed by atoms with Crippen molar-refractivity contribution in [2.75, 3.05) is 7.11 Å². The average Bonchev–Trinajstić information content (AvgIpc) is 2.60. The average molecular weight is 417 g/mol. The zero-order valence-corrected chi connectivity index (χ0v) is 18.8. The highest BCUT2D eigenvalue weighted by molar-refractivity contribution is 5.91. The first-order valence-electron chi connectivity index (χ1n) is 10.3. The van der Waals surface area contributed by atoms with Gasteiger partial charge in [-0.3, -0.25) is 9.59 Å². The van der Waals surface area contributed by atoms with Crippen molar-refractivity contribution < 1.29 is 23.8 Å². The van der Waals surface area contributed by atoms with E-state index in [4.69, 9.17) is 0 Å². The molecule has 1 atom stereocenters. The standard InChI is InChI=1S/C25H33FO4/c1-16-11-17(7-10-22(16)26)20-14-24(2,3)15-25(4,5)21(20)9-8-18(27)12-19(28)13-23(29)30-6/h7-11,19,28H,12-15H2,1-6H3/b9-8+/t19-/m1/s1. The molecular formula is C25H33FO4. The van der Waals surface area contributed by atoms with E-state index in [1.807, 2.05) is 12.1 Å². The van der Waals surface area contributed by atoms with Crippen LogP contribution in [-0.4, -0.2) is 30.1 Å². The van der Waals surface area contributed by atoms with Crippen LogP contribution in [0.3, 0.4) is 0 Å². The van der Waals surface area contributed by atoms with Gasteiger partial charge in [0.05, 0.1) is 19.6 Å². The molecule has 164 valence electrons. The van der Waals surface area contributed by atoms with Crippen LogP contribution in [0.1, 0.15) is 64.5 Å². The number of benzene rings is 1. The first-order valence-corrected chi connectivity index (χ1v) is 10.3. The van der Waals surface area contributed by atoms with Gasteiger partial charge in [-0.2, -0.15) is 0 Å². The number of aliphatic hydroxyl groups excluding tert-OH is 1. The van der Waals surface area contributed by atoms with E-state index in [-0.39, 0.29) is 35.3 Å². The molecular weight excluding hydrogens is 383 g/mol. The summed E-state index contributed by atoms with van der Waals surface area (Å²) in [6.07, 6.45) is 3.65. The molecule has 0 heterocycles. The number of carbonyl (C=O) groups is 2. The van der Waals surface area contributed by atoms with Crippen molar-refractivity contribution in [1.82, 2.24) is 0 Å². The fourth-order valence-corrected chi connectivity index (χ4v) is 4.58. The minimum absolute atomic E-state index is 0.0686. The second kappa shape index (κ2) is 9.25. The van der Waals surface area contributed by atoms with Crippen molar-refractivity contribution in [1.29, 1.82) is 0 Å². The van der Waals surface area contributed by atoms with Crippen LogP contribution in [0.4, 0.5) is 4.39 Å². The fourth-order valence-electron chi connectivity index (χ4n) is 4.58. The van der Waals surface area contributed by atoms with Crippen LogP contribution < -0.4 is 0 Å². The number of aryl methyl sites for hydroxylation is 1. The second-order valence-corrected chi connectivity index (χ2v) is 9.70. The molecule has 1 aromatic carbocycles. The third-order valence-electron chi connectivity index (χ3n) is 5.64. The van der Waals surface area contributed by atoms with Crippen molar-refractivity contribution in [3.05, 3.63) is 52.9 Å². The van der Waals surface area contributed by atoms with E-state index in [1.54, 1.807) is 13.0 Å². The van der Waals surface area contributed by atoms with Crippen molar-refractivity contribution in [2.45, 2.75) is 66.4 Å². The van der Waals surface area contributed by atoms with Gasteiger partial charge in [0.15, 0.2) is 5.78 Å². The quantitative estimate of drug-likeness (QED) is 0.492. The van der Waals surface area contributed by atoms with Gasteiger partial charge in [0.25, 0.3) is 0 Å². The monoisotopic (exact) mass is 416 g/mol. The zero-order chi connectivity index (χ0) is 22.7. The SMILES string of the molecule is COC(=O)C[C@H](O)CC(=O)/C=C/C1=C(c2ccc(F)c(C)c2)CC(C)(C)CC1(C)C. The van der Waals surface area contributed by atoms with E-state index in [0.29, 0.717) is 5.56 Å². The molecule has 0 aromatic heterocycles. The Morgan fingerprint density at radius 3 is 2.50 bits per heavy atom. The van der Waals surface area contributed by atoms with Gasteiger partial charge in [-0.05, 0) is 71.1 Å². The Morgan fingerprint density at radius 2 is 1.90 bits per heavy atom. The van der Waals surface area contributed by atoms with Crippen molar-refractivity contribution in [2.24, 2.45) is 10.8 Å². The Kier molecular flexibility index (Phi) is 7.40. The minimum atomic E-state index is -1.07. The van der Waals surface area contributed by atoms with Gasteiger partial charge in [-0.15, -0.1) is 0 Å². The molecule has 0 spiro atoms. The van der Waals surface area contributed by atoms with Crippen LogP contribution in [0.2, 0.25) is 0 Å². The fraction of sp³-hybridized carbons (Fsp3) is 0.520. The van der Waals surface area contributed by atoms with Gasteiger partial charge in [-0.1, -0.05) is 39.8 Å². The van der Waals surface area contributed by atoms with E-state index in [1.165, 1.54) is 19.3 Å². The summed E-state index contributed by atoms with van der Waals surface area (Å²) in [7, 11) is 1.24. The van der Waals surface area contributed by atoms with Gasteiger partial charge in [0, 0.05) is 6.42 Å². The summed E-state index contributed by atoms with van der Waals surface area (Å²) in [6.45, 7) is 10.5. The largest absolute Gasteiger partial charge is 0.469 e. The second-order valence-electron chi connectivity index (χ2n) is 9.70. The van der Waals surface area contributed by atoms with Crippen molar-refractivity contribution >= 4 is 17.3 Å². The third kappa shape index (κ3) is 6.11. The summed E-state index contributed by atoms with van der Waals surface area (Å²) in [4.78, 5) is 23.6. The van der Waals surface area contributed by atoms with E-state index in [2.05, 4.69) is 32.4 Å². The molecule has 0 bridgehead atoms. The number of aliphatic hydroxyl groups is 1. The maximum absolute atomic E-state index is 13.8. The molecule has 0 saturated carbocycles. The number of hydrogen-bond acceptors (Lipinski definition) is 4. The van der Waals surface area contributed by atoms with Gasteiger partial charge in [-0.25, -0.2) is 4.39 Å². The van der Waals surface area contributed by atoms with E-state index in [0.717, 1.165) is 29.6 Å². The lowest BCUT2D eigenvalue weighted by Gasteiger charge is -2.43. The van der Waals surface area contributed by atoms with Gasteiger partial charge >= 0.3 is 5.97 Å². The Bertz CT molecular complexity index is 877. The maximum atomic E-state index is 13.8. The van der Waals surface area contributed by atoms with Crippen LogP contribution in [0, 0.1) is 23.6 Å². The molecule has 1 N–H and O–H groups in total. The van der Waals surface area contributed by atoms with Crippen LogP contribution in [0.25, 0.3) is 5.57 Å². The number of hydrogen-bond donors (Lipinski definition) is 1. The number of rotatable bonds is 7. The Hall–Kier alpha value is -2.27. The Labute approximate surface area is 178 Å². The predicted molar refractivity (Wildman–Crippen MR) is 116 cm³/mol. The van der Waals surface area contributed by atoms with E-state index >= 15 is 0 Å². The summed E-state index contributed by atoms with van der Waals surface area (Å²) in [6, 6.07) is 5.14. The number of carbonyl (C=O) groups excluding carboxylic acids is 2. The highest BCUT2D eigenvalue weighted by atomic mass is 19.1. The van der Waals surface area contributed by atoms with Crippen LogP contribution in [0.5, 0.6) is 0 Å². The topological polar surface area (TPSA) is 63.6 Å². The number of esters is 1. The molecule has 0 unspecified atom stereocenters. The van der Waals surface area contributed by atoms with Gasteiger partial charge in [0.2, 0.25) is 0 Å². The zero-order valence-electron chi connectivity index (χ0n) is 18.8. The molecule has 1 aliphatic carbocycles. The van der Waals surface area contributed by atoms with Crippen LogP contribution in [-0.2, 0) is 14.3 Å². The van der Waals surface area contributed by atoms with Crippen LogP contribution >= 0.6 is 0 Å². The lowest BCUT2D eigenvalue weighted by atomic mass is 9.61. The van der Waals surface area contributed by atoms with Gasteiger partial charge < -0.3 is 9.84 Å². The summed E-state index contributed by atoms with van der Waals surface area (Å²) >= 11 is 0. The Morgan fingerprint density at radius 1 is 1.23 bits per heavy atom. The third-order valence-corrected chi connectivity index (χ3v) is 5.64. The molecule has 0 fully saturated rings. The molecule has 0 saturated heterocycles. The molecule has 1 aromatic rings. The molecule has 2 rings (SSSR count).